The van der Waals surface area contributed by atoms with E-state index in [1.165, 1.54) is 6.07 Å². The topological polar surface area (TPSA) is 90.8 Å². The monoisotopic (exact) mass is 240 g/mol. The molecule has 0 bridgehead atoms. The Labute approximate surface area is 99.2 Å². The lowest BCUT2D eigenvalue weighted by Gasteiger charge is -2.09. The summed E-state index contributed by atoms with van der Waals surface area (Å²) in [6.45, 7) is 2.36. The van der Waals surface area contributed by atoms with Crippen LogP contribution in [-0.2, 0) is 4.74 Å². The molecule has 17 heavy (non-hydrogen) atoms. The van der Waals surface area contributed by atoms with Gasteiger partial charge >= 0.3 is 6.09 Å². The van der Waals surface area contributed by atoms with Crippen LogP contribution >= 0.6 is 0 Å². The summed E-state index contributed by atoms with van der Waals surface area (Å²) in [4.78, 5) is 11.1. The number of aliphatic hydroxyl groups excluding tert-OH is 1. The number of amides is 1. The van der Waals surface area contributed by atoms with Crippen LogP contribution in [0, 0.1) is 0 Å². The van der Waals surface area contributed by atoms with Crippen LogP contribution in [0.1, 0.15) is 6.92 Å². The van der Waals surface area contributed by atoms with Crippen molar-refractivity contribution in [2.24, 2.45) is 0 Å². The number of phenols is 1. The molecule has 4 N–H and O–H groups in total. The molecule has 0 fully saturated rings. The van der Waals surface area contributed by atoms with E-state index in [4.69, 9.17) is 5.11 Å². The van der Waals surface area contributed by atoms with Gasteiger partial charge in [0.2, 0.25) is 0 Å². The second-order valence-corrected chi connectivity index (χ2v) is 3.23. The lowest BCUT2D eigenvalue weighted by Crippen LogP contribution is -2.13. The van der Waals surface area contributed by atoms with Gasteiger partial charge in [-0.15, -0.1) is 0 Å². The molecular formula is C11H16N2O4. The molecule has 0 spiro atoms. The lowest BCUT2D eigenvalue weighted by molar-refractivity contribution is 0.168. The van der Waals surface area contributed by atoms with Crippen LogP contribution in [0.5, 0.6) is 5.75 Å². The number of anilines is 2. The van der Waals surface area contributed by atoms with Crippen molar-refractivity contribution in [2.75, 3.05) is 30.4 Å². The van der Waals surface area contributed by atoms with Crippen LogP contribution in [0.4, 0.5) is 16.2 Å². The lowest BCUT2D eigenvalue weighted by atomic mass is 10.2. The minimum absolute atomic E-state index is 0.00356. The highest BCUT2D eigenvalue weighted by Gasteiger charge is 2.07. The number of carbonyl (C=O) groups excluding carboxylic acids is 1. The van der Waals surface area contributed by atoms with Crippen LogP contribution < -0.4 is 10.6 Å². The number of benzene rings is 1. The number of aromatic hydroxyl groups is 1. The minimum atomic E-state index is -0.612. The first-order chi connectivity index (χ1) is 8.17. The fraction of sp³-hybridized carbons (Fsp3) is 0.364. The van der Waals surface area contributed by atoms with Crippen LogP contribution in [0.3, 0.4) is 0 Å². The van der Waals surface area contributed by atoms with Gasteiger partial charge in [-0.3, -0.25) is 5.32 Å². The quantitative estimate of drug-likeness (QED) is 0.583. The second kappa shape index (κ2) is 6.59. The van der Waals surface area contributed by atoms with Gasteiger partial charge in [-0.25, -0.2) is 4.79 Å². The molecule has 0 radical (unpaired) electrons. The van der Waals surface area contributed by atoms with E-state index in [9.17, 15) is 9.90 Å². The van der Waals surface area contributed by atoms with Gasteiger partial charge in [0.15, 0.2) is 0 Å². The number of nitrogens with one attached hydrogen (secondary N) is 2. The third-order valence-corrected chi connectivity index (χ3v) is 1.95. The Morgan fingerprint density at radius 2 is 2.24 bits per heavy atom. The van der Waals surface area contributed by atoms with Crippen LogP contribution in [0.15, 0.2) is 18.2 Å². The Balaban J connectivity index is 2.65. The van der Waals surface area contributed by atoms with Crippen molar-refractivity contribution in [2.45, 2.75) is 6.92 Å². The SMILES string of the molecule is CCOC(=O)Nc1ccc(NCCO)cc1O. The molecule has 0 heterocycles. The molecular weight excluding hydrogens is 224 g/mol. The van der Waals surface area contributed by atoms with Crippen molar-refractivity contribution < 1.29 is 19.7 Å². The number of ether oxygens (including phenoxy) is 1. The highest BCUT2D eigenvalue weighted by Crippen LogP contribution is 2.26. The van der Waals surface area contributed by atoms with E-state index in [1.807, 2.05) is 0 Å². The number of carbonyl (C=O) groups is 1. The molecule has 1 aromatic carbocycles. The van der Waals surface area contributed by atoms with E-state index in [2.05, 4.69) is 15.4 Å². The van der Waals surface area contributed by atoms with Gasteiger partial charge in [0.25, 0.3) is 0 Å². The largest absolute Gasteiger partial charge is 0.506 e. The molecule has 1 rings (SSSR count). The van der Waals surface area contributed by atoms with Crippen LogP contribution in [0.25, 0.3) is 0 Å². The van der Waals surface area contributed by atoms with Gasteiger partial charge in [0.05, 0.1) is 18.9 Å². The summed E-state index contributed by atoms with van der Waals surface area (Å²) in [5, 5.41) is 23.6. The molecule has 0 aromatic heterocycles. The zero-order valence-corrected chi connectivity index (χ0v) is 9.56. The van der Waals surface area contributed by atoms with Crippen LogP contribution in [0.2, 0.25) is 0 Å². The van der Waals surface area contributed by atoms with Crippen molar-refractivity contribution in [1.29, 1.82) is 0 Å². The fourth-order valence-electron chi connectivity index (χ4n) is 1.22. The standard InChI is InChI=1S/C11H16N2O4/c1-2-17-11(16)13-9-4-3-8(7-10(9)15)12-5-6-14/h3-4,7,12,14-15H,2,5-6H2,1H3,(H,13,16). The van der Waals surface area contributed by atoms with Gasteiger partial charge in [0.1, 0.15) is 5.75 Å². The molecule has 0 atom stereocenters. The van der Waals surface area contributed by atoms with Gasteiger partial charge in [-0.1, -0.05) is 0 Å². The number of hydrogen-bond donors (Lipinski definition) is 4. The minimum Gasteiger partial charge on any atom is -0.506 e. The van der Waals surface area contributed by atoms with Crippen molar-refractivity contribution >= 4 is 17.5 Å². The van der Waals surface area contributed by atoms with Gasteiger partial charge in [-0.05, 0) is 19.1 Å². The van der Waals surface area contributed by atoms with Crippen molar-refractivity contribution in [3.8, 4) is 5.75 Å². The number of hydrogen-bond acceptors (Lipinski definition) is 5. The van der Waals surface area contributed by atoms with E-state index in [1.54, 1.807) is 19.1 Å². The predicted octanol–water partition coefficient (Wildman–Crippen LogP) is 1.36. The molecule has 0 aliphatic heterocycles. The third-order valence-electron chi connectivity index (χ3n) is 1.95. The Bertz CT molecular complexity index is 382. The molecule has 0 aliphatic carbocycles. The van der Waals surface area contributed by atoms with Gasteiger partial charge in [0, 0.05) is 18.3 Å². The summed E-state index contributed by atoms with van der Waals surface area (Å²) < 4.78 is 4.69. The molecule has 0 unspecified atom stereocenters. The molecule has 0 saturated heterocycles. The van der Waals surface area contributed by atoms with Crippen molar-refractivity contribution in [3.05, 3.63) is 18.2 Å². The van der Waals surface area contributed by atoms with Crippen molar-refractivity contribution in [1.82, 2.24) is 0 Å². The maximum Gasteiger partial charge on any atom is 0.411 e. The Morgan fingerprint density at radius 3 is 2.82 bits per heavy atom. The van der Waals surface area contributed by atoms with Gasteiger partial charge < -0.3 is 20.3 Å². The van der Waals surface area contributed by atoms with Gasteiger partial charge in [-0.2, -0.15) is 0 Å². The summed E-state index contributed by atoms with van der Waals surface area (Å²) >= 11 is 0. The molecule has 94 valence electrons. The summed E-state index contributed by atoms with van der Waals surface area (Å²) in [5.41, 5.74) is 0.934. The first-order valence-corrected chi connectivity index (χ1v) is 5.29. The summed E-state index contributed by atoms with van der Waals surface area (Å²) in [6, 6.07) is 4.68. The van der Waals surface area contributed by atoms with E-state index >= 15 is 0 Å². The Morgan fingerprint density at radius 1 is 1.47 bits per heavy atom. The van der Waals surface area contributed by atoms with E-state index in [-0.39, 0.29) is 24.7 Å². The molecule has 1 aromatic rings. The molecule has 0 saturated carbocycles. The first-order valence-electron chi connectivity index (χ1n) is 5.29. The molecule has 1 amide bonds. The second-order valence-electron chi connectivity index (χ2n) is 3.23. The van der Waals surface area contributed by atoms with E-state index < -0.39 is 6.09 Å². The maximum absolute atomic E-state index is 11.1. The number of phenolic OH excluding ortho intramolecular Hbond substituents is 1. The number of aliphatic hydroxyl groups is 1. The normalized spacial score (nSPS) is 9.76. The highest BCUT2D eigenvalue weighted by atomic mass is 16.5. The Kier molecular flexibility index (Phi) is 5.09. The molecule has 0 aliphatic rings. The summed E-state index contributed by atoms with van der Waals surface area (Å²) in [5.74, 6) is -0.0685. The van der Waals surface area contributed by atoms with E-state index in [0.717, 1.165) is 0 Å². The molecule has 6 nitrogen and oxygen atoms in total. The number of rotatable bonds is 5. The summed E-state index contributed by atoms with van der Waals surface area (Å²) in [6.07, 6.45) is -0.612. The van der Waals surface area contributed by atoms with E-state index in [0.29, 0.717) is 12.2 Å². The average molecular weight is 240 g/mol. The van der Waals surface area contributed by atoms with Crippen molar-refractivity contribution in [3.63, 3.8) is 0 Å². The highest BCUT2D eigenvalue weighted by molar-refractivity contribution is 5.87. The first kappa shape index (κ1) is 13.1. The predicted molar refractivity (Wildman–Crippen MR) is 64.3 cm³/mol. The zero-order valence-electron chi connectivity index (χ0n) is 9.56. The summed E-state index contributed by atoms with van der Waals surface area (Å²) in [7, 11) is 0. The Hall–Kier alpha value is -1.95. The smallest absolute Gasteiger partial charge is 0.411 e. The fourth-order valence-corrected chi connectivity index (χ4v) is 1.22. The third kappa shape index (κ3) is 4.20. The van der Waals surface area contributed by atoms with Crippen LogP contribution in [-0.4, -0.2) is 36.1 Å². The average Bonchev–Trinajstić information content (AvgIpc) is 2.30. The molecule has 6 heteroatoms. The zero-order chi connectivity index (χ0) is 12.7. The maximum atomic E-state index is 11.1.